The number of hydrogen-bond acceptors (Lipinski definition) is 3. The van der Waals surface area contributed by atoms with E-state index in [0.29, 0.717) is 6.54 Å². The number of aromatic nitrogens is 1. The molecule has 2 aromatic rings. The number of amides is 1. The Morgan fingerprint density at radius 3 is 2.84 bits per heavy atom. The zero-order valence-corrected chi connectivity index (χ0v) is 15.0. The fraction of sp³-hybridized carbons (Fsp3) is 0.550. The highest BCUT2D eigenvalue weighted by molar-refractivity contribution is 5.98. The number of likely N-dealkylation sites (tertiary alicyclic amines) is 1. The summed E-state index contributed by atoms with van der Waals surface area (Å²) in [6.45, 7) is 5.50. The van der Waals surface area contributed by atoms with Crippen molar-refractivity contribution in [1.29, 1.82) is 0 Å². The van der Waals surface area contributed by atoms with Gasteiger partial charge in [0, 0.05) is 50.6 Å². The third kappa shape index (κ3) is 3.58. The lowest BCUT2D eigenvalue weighted by molar-refractivity contribution is 0.0297. The van der Waals surface area contributed by atoms with Crippen LogP contribution in [-0.4, -0.2) is 65.7 Å². The van der Waals surface area contributed by atoms with E-state index in [-0.39, 0.29) is 12.0 Å². The molecule has 25 heavy (non-hydrogen) atoms. The maximum Gasteiger partial charge on any atom is 0.254 e. The van der Waals surface area contributed by atoms with Crippen molar-refractivity contribution in [2.75, 3.05) is 39.3 Å². The maximum atomic E-state index is 13.1. The highest BCUT2D eigenvalue weighted by Gasteiger charge is 2.26. The normalized spacial score (nSPS) is 22.4. The molecule has 0 spiro atoms. The van der Waals surface area contributed by atoms with E-state index in [4.69, 9.17) is 4.74 Å². The average Bonchev–Trinajstić information content (AvgIpc) is 3.19. The van der Waals surface area contributed by atoms with Crippen LogP contribution < -0.4 is 0 Å². The van der Waals surface area contributed by atoms with Crippen LogP contribution >= 0.6 is 0 Å². The minimum absolute atomic E-state index is 0.125. The predicted octanol–water partition coefficient (Wildman–Crippen LogP) is 2.51. The maximum absolute atomic E-state index is 13.1. The minimum atomic E-state index is 0.125. The largest absolute Gasteiger partial charge is 0.375 e. The smallest absolute Gasteiger partial charge is 0.254 e. The second kappa shape index (κ2) is 7.18. The second-order valence-electron chi connectivity index (χ2n) is 7.31. The molecule has 0 N–H and O–H groups in total. The Hall–Kier alpha value is -1.85. The molecule has 2 aliphatic rings. The van der Waals surface area contributed by atoms with Crippen molar-refractivity contribution < 1.29 is 9.53 Å². The summed E-state index contributed by atoms with van der Waals surface area (Å²) in [6.07, 6.45) is 5.64. The lowest BCUT2D eigenvalue weighted by atomic mass is 10.1. The fourth-order valence-electron chi connectivity index (χ4n) is 4.02. The third-order valence-corrected chi connectivity index (χ3v) is 5.43. The summed E-state index contributed by atoms with van der Waals surface area (Å²) in [6, 6.07) is 8.08. The van der Waals surface area contributed by atoms with Gasteiger partial charge in [0.05, 0.1) is 6.10 Å². The van der Waals surface area contributed by atoms with Crippen molar-refractivity contribution in [3.8, 4) is 0 Å². The SMILES string of the molecule is Cn1ccc2ccc(C(=O)N3CCCO[C@H](CN4CCCC4)C3)cc21. The number of hydrogen-bond donors (Lipinski definition) is 0. The van der Waals surface area contributed by atoms with E-state index in [0.717, 1.165) is 50.3 Å². The van der Waals surface area contributed by atoms with Crippen molar-refractivity contribution in [3.05, 3.63) is 36.0 Å². The number of carbonyl (C=O) groups excluding carboxylic acids is 1. The summed E-state index contributed by atoms with van der Waals surface area (Å²) in [5.41, 5.74) is 1.88. The van der Waals surface area contributed by atoms with Crippen LogP contribution in [0.15, 0.2) is 30.5 Å². The van der Waals surface area contributed by atoms with E-state index in [9.17, 15) is 4.79 Å². The molecule has 2 fully saturated rings. The Bertz CT molecular complexity index is 748. The second-order valence-corrected chi connectivity index (χ2v) is 7.31. The van der Waals surface area contributed by atoms with Crippen LogP contribution in [0.25, 0.3) is 10.9 Å². The highest BCUT2D eigenvalue weighted by atomic mass is 16.5. The van der Waals surface area contributed by atoms with Crippen molar-refractivity contribution in [2.45, 2.75) is 25.4 Å². The number of aryl methyl sites for hydroxylation is 1. The molecule has 5 nitrogen and oxygen atoms in total. The summed E-state index contributed by atoms with van der Waals surface area (Å²) in [5, 5.41) is 1.17. The van der Waals surface area contributed by atoms with Crippen LogP contribution in [0.4, 0.5) is 0 Å². The van der Waals surface area contributed by atoms with Crippen LogP contribution in [-0.2, 0) is 11.8 Å². The number of nitrogens with zero attached hydrogens (tertiary/aromatic N) is 3. The molecule has 4 rings (SSSR count). The number of ether oxygens (including phenoxy) is 1. The van der Waals surface area contributed by atoms with E-state index in [1.54, 1.807) is 0 Å². The molecule has 2 saturated heterocycles. The van der Waals surface area contributed by atoms with Gasteiger partial charge in [-0.3, -0.25) is 4.79 Å². The first kappa shape index (κ1) is 16.6. The Balaban J connectivity index is 1.49. The monoisotopic (exact) mass is 341 g/mol. The molecule has 0 unspecified atom stereocenters. The van der Waals surface area contributed by atoms with Crippen molar-refractivity contribution in [1.82, 2.24) is 14.4 Å². The lowest BCUT2D eigenvalue weighted by Crippen LogP contribution is -2.41. The summed E-state index contributed by atoms with van der Waals surface area (Å²) in [4.78, 5) is 17.5. The Kier molecular flexibility index (Phi) is 4.77. The Morgan fingerprint density at radius 2 is 2.00 bits per heavy atom. The zero-order valence-electron chi connectivity index (χ0n) is 15.0. The van der Waals surface area contributed by atoms with Gasteiger partial charge < -0.3 is 19.1 Å². The topological polar surface area (TPSA) is 37.7 Å². The van der Waals surface area contributed by atoms with E-state index in [1.165, 1.54) is 18.2 Å². The molecule has 2 aliphatic heterocycles. The van der Waals surface area contributed by atoms with Gasteiger partial charge in [-0.1, -0.05) is 6.07 Å². The molecular formula is C20H27N3O2. The molecule has 134 valence electrons. The van der Waals surface area contributed by atoms with Crippen LogP contribution in [0.1, 0.15) is 29.6 Å². The summed E-state index contributed by atoms with van der Waals surface area (Å²) in [7, 11) is 2.02. The van der Waals surface area contributed by atoms with Crippen molar-refractivity contribution in [2.24, 2.45) is 7.05 Å². The van der Waals surface area contributed by atoms with Crippen LogP contribution in [0, 0.1) is 0 Å². The van der Waals surface area contributed by atoms with Gasteiger partial charge in [0.2, 0.25) is 0 Å². The predicted molar refractivity (Wildman–Crippen MR) is 98.9 cm³/mol. The lowest BCUT2D eigenvalue weighted by Gasteiger charge is -2.27. The zero-order chi connectivity index (χ0) is 17.2. The van der Waals surface area contributed by atoms with Crippen LogP contribution in [0.5, 0.6) is 0 Å². The quantitative estimate of drug-likeness (QED) is 0.861. The first-order valence-corrected chi connectivity index (χ1v) is 9.39. The van der Waals surface area contributed by atoms with Gasteiger partial charge in [-0.05, 0) is 55.9 Å². The number of carbonyl (C=O) groups is 1. The highest BCUT2D eigenvalue weighted by Crippen LogP contribution is 2.19. The third-order valence-electron chi connectivity index (χ3n) is 5.43. The van der Waals surface area contributed by atoms with Gasteiger partial charge in [0.1, 0.15) is 0 Å². The first-order chi connectivity index (χ1) is 12.2. The molecule has 0 bridgehead atoms. The molecule has 0 aliphatic carbocycles. The molecule has 5 heteroatoms. The number of fused-ring (bicyclic) bond motifs is 1. The van der Waals surface area contributed by atoms with Gasteiger partial charge >= 0.3 is 0 Å². The standard InChI is InChI=1S/C20H27N3O2/c1-21-11-7-16-5-6-17(13-19(16)21)20(24)23-10-4-12-25-18(15-23)14-22-8-2-3-9-22/h5-7,11,13,18H,2-4,8-10,12,14-15H2,1H3/t18-/m1/s1. The van der Waals surface area contributed by atoms with Gasteiger partial charge in [-0.25, -0.2) is 0 Å². The molecule has 1 aromatic carbocycles. The minimum Gasteiger partial charge on any atom is -0.375 e. The van der Waals surface area contributed by atoms with E-state index in [1.807, 2.05) is 36.3 Å². The van der Waals surface area contributed by atoms with Crippen molar-refractivity contribution >= 4 is 16.8 Å². The van der Waals surface area contributed by atoms with Gasteiger partial charge in [-0.15, -0.1) is 0 Å². The van der Waals surface area contributed by atoms with Crippen molar-refractivity contribution in [3.63, 3.8) is 0 Å². The van der Waals surface area contributed by atoms with Gasteiger partial charge in [0.25, 0.3) is 5.91 Å². The molecule has 1 aromatic heterocycles. The molecule has 1 amide bonds. The molecule has 1 atom stereocenters. The summed E-state index contributed by atoms with van der Waals surface area (Å²) < 4.78 is 8.08. The average molecular weight is 341 g/mol. The van der Waals surface area contributed by atoms with E-state index in [2.05, 4.69) is 15.5 Å². The summed E-state index contributed by atoms with van der Waals surface area (Å²) >= 11 is 0. The Morgan fingerprint density at radius 1 is 1.16 bits per heavy atom. The molecule has 0 radical (unpaired) electrons. The number of rotatable bonds is 3. The summed E-state index contributed by atoms with van der Waals surface area (Å²) in [5.74, 6) is 0.125. The fourth-order valence-corrected chi connectivity index (χ4v) is 4.02. The van der Waals surface area contributed by atoms with E-state index >= 15 is 0 Å². The first-order valence-electron chi connectivity index (χ1n) is 9.39. The molecule has 0 saturated carbocycles. The van der Waals surface area contributed by atoms with Gasteiger partial charge in [-0.2, -0.15) is 0 Å². The van der Waals surface area contributed by atoms with E-state index < -0.39 is 0 Å². The molecule has 3 heterocycles. The van der Waals surface area contributed by atoms with Gasteiger partial charge in [0.15, 0.2) is 0 Å². The van der Waals surface area contributed by atoms with Crippen LogP contribution in [0.2, 0.25) is 0 Å². The Labute approximate surface area is 149 Å². The number of benzene rings is 1. The molecular weight excluding hydrogens is 314 g/mol. The van der Waals surface area contributed by atoms with Crippen LogP contribution in [0.3, 0.4) is 0 Å².